The van der Waals surface area contributed by atoms with Crippen LogP contribution in [0.15, 0.2) is 101 Å². The third-order valence-electron chi connectivity index (χ3n) is 6.06. The van der Waals surface area contributed by atoms with Crippen molar-refractivity contribution in [1.29, 1.82) is 0 Å². The van der Waals surface area contributed by atoms with Crippen LogP contribution in [-0.2, 0) is 44.7 Å². The zero-order valence-electron chi connectivity index (χ0n) is 29.1. The Hall–Kier alpha value is -2.14. The van der Waals surface area contributed by atoms with Gasteiger partial charge < -0.3 is 13.2 Å². The summed E-state index contributed by atoms with van der Waals surface area (Å²) in [4.78, 5) is 4.84. The van der Waals surface area contributed by atoms with Gasteiger partial charge in [0.05, 0.1) is 30.3 Å². The summed E-state index contributed by atoms with van der Waals surface area (Å²) in [6, 6.07) is 31.3. The van der Waals surface area contributed by atoms with Crippen molar-refractivity contribution in [3.63, 3.8) is 0 Å². The number of hydrogen-bond donors (Lipinski definition) is 1. The minimum atomic E-state index is -0.286. The van der Waals surface area contributed by atoms with E-state index in [4.69, 9.17) is 15.8 Å². The topological polar surface area (TPSA) is 54.0 Å². The van der Waals surface area contributed by atoms with Crippen molar-refractivity contribution in [1.82, 2.24) is 5.01 Å². The Balaban J connectivity index is -0.000000546. The van der Waals surface area contributed by atoms with Gasteiger partial charge in [-0.25, -0.2) is 5.01 Å². The van der Waals surface area contributed by atoms with Crippen molar-refractivity contribution in [2.45, 2.75) is 101 Å². The van der Waals surface area contributed by atoms with E-state index in [1.807, 2.05) is 98.5 Å². The molecule has 42 heavy (non-hydrogen) atoms. The third-order valence-corrected chi connectivity index (χ3v) is 6.06. The van der Waals surface area contributed by atoms with Crippen molar-refractivity contribution in [3.05, 3.63) is 115 Å². The van der Waals surface area contributed by atoms with E-state index in [-0.39, 0.29) is 51.6 Å². The van der Waals surface area contributed by atoms with Gasteiger partial charge in [0.15, 0.2) is 0 Å². The van der Waals surface area contributed by atoms with Crippen molar-refractivity contribution in [2.24, 2.45) is 15.8 Å². The average Bonchev–Trinajstić information content (AvgIpc) is 3.34. The van der Waals surface area contributed by atoms with E-state index in [0.29, 0.717) is 13.1 Å². The van der Waals surface area contributed by atoms with E-state index in [1.54, 1.807) is 0 Å². The van der Waals surface area contributed by atoms with Crippen LogP contribution in [0.4, 0.5) is 0 Å². The van der Waals surface area contributed by atoms with Crippen molar-refractivity contribution in [2.75, 3.05) is 6.54 Å². The molecule has 0 bridgehead atoms. The molecule has 0 fully saturated rings. The predicted molar refractivity (Wildman–Crippen MR) is 188 cm³/mol. The summed E-state index contributed by atoms with van der Waals surface area (Å²) in [5.41, 5.74) is 10.4. The molecular weight excluding hydrogens is 589 g/mol. The number of rotatable bonds is 5. The maximum absolute atomic E-state index is 6.15. The second-order valence-electron chi connectivity index (χ2n) is 7.83. The van der Waals surface area contributed by atoms with Gasteiger partial charge in [-0.3, -0.25) is 4.99 Å². The summed E-state index contributed by atoms with van der Waals surface area (Å²) in [6.45, 7) is 25.4. The minimum absolute atomic E-state index is 0. The standard InChI is InChI=1S/C26H28N4.5C2H6.CH3.Y/c1-20-26(2,23-16-10-5-11-17-23)25(22-14-8-4-9-15-22)29-30(20)24(18-27)28-19-21-12-6-3-7-13-21;5*1-2;;/h3-17,20H,18-19,27H2,1-2H3;5*1-2H3;1H3;/q;;;;;;-1;. The molecule has 2 N–H and O–H groups in total. The zero-order chi connectivity index (χ0) is 31.0. The van der Waals surface area contributed by atoms with Gasteiger partial charge in [-0.2, -0.15) is 5.10 Å². The summed E-state index contributed by atoms with van der Waals surface area (Å²) in [5.74, 6) is 0.805. The SMILES string of the molecule is CC.CC.CC.CC.CC.CC1N(C(CN)=NCc2ccccc2)N=C(c2ccccc2)C1(C)c1ccccc1.[CH3-].[Y]. The normalized spacial score (nSPS) is 16.1. The first-order valence-electron chi connectivity index (χ1n) is 15.4. The van der Waals surface area contributed by atoms with Gasteiger partial charge in [0, 0.05) is 32.7 Å². The molecule has 4 nitrogen and oxygen atoms in total. The smallest absolute Gasteiger partial charge is 0.134 e. The molecule has 0 saturated carbocycles. The summed E-state index contributed by atoms with van der Waals surface area (Å²) in [5, 5.41) is 7.12. The molecule has 2 unspecified atom stereocenters. The van der Waals surface area contributed by atoms with E-state index in [1.165, 1.54) is 5.56 Å². The molecule has 0 aliphatic carbocycles. The molecule has 3 aromatic rings. The van der Waals surface area contributed by atoms with Gasteiger partial charge in [0.25, 0.3) is 0 Å². The zero-order valence-corrected chi connectivity index (χ0v) is 32.0. The third kappa shape index (κ3) is 13.0. The Labute approximate surface area is 286 Å². The predicted octanol–water partition coefficient (Wildman–Crippen LogP) is 10.2. The number of benzene rings is 3. The summed E-state index contributed by atoms with van der Waals surface area (Å²) in [6.07, 6.45) is 0. The van der Waals surface area contributed by atoms with Crippen LogP contribution in [0.2, 0.25) is 0 Å². The van der Waals surface area contributed by atoms with E-state index in [0.717, 1.165) is 22.7 Å². The van der Waals surface area contributed by atoms with Gasteiger partial charge >= 0.3 is 0 Å². The molecule has 0 aromatic heterocycles. The van der Waals surface area contributed by atoms with E-state index < -0.39 is 0 Å². The fraction of sp³-hybridized carbons (Fsp3) is 0.432. The Morgan fingerprint density at radius 1 is 0.738 bits per heavy atom. The van der Waals surface area contributed by atoms with Crippen LogP contribution in [0, 0.1) is 7.43 Å². The fourth-order valence-corrected chi connectivity index (χ4v) is 4.13. The molecule has 1 aliphatic rings. The van der Waals surface area contributed by atoms with Crippen LogP contribution in [-0.4, -0.2) is 29.1 Å². The fourth-order valence-electron chi connectivity index (χ4n) is 4.13. The largest absolute Gasteiger partial charge is 0.358 e. The van der Waals surface area contributed by atoms with E-state index in [9.17, 15) is 0 Å². The van der Waals surface area contributed by atoms with Crippen molar-refractivity contribution < 1.29 is 32.7 Å². The molecule has 5 heteroatoms. The maximum Gasteiger partial charge on any atom is 0.134 e. The van der Waals surface area contributed by atoms with Crippen LogP contribution >= 0.6 is 0 Å². The molecule has 1 aliphatic heterocycles. The Morgan fingerprint density at radius 2 is 1.14 bits per heavy atom. The second-order valence-corrected chi connectivity index (χ2v) is 7.83. The van der Waals surface area contributed by atoms with Gasteiger partial charge in [0.1, 0.15) is 5.84 Å². The van der Waals surface area contributed by atoms with Crippen LogP contribution < -0.4 is 5.73 Å². The summed E-state index contributed by atoms with van der Waals surface area (Å²) >= 11 is 0. The van der Waals surface area contributed by atoms with Gasteiger partial charge in [-0.05, 0) is 30.5 Å². The van der Waals surface area contributed by atoms with Crippen LogP contribution in [0.5, 0.6) is 0 Å². The molecule has 2 atom stereocenters. The molecular formula is C37H61N4Y-. The average molecular weight is 651 g/mol. The van der Waals surface area contributed by atoms with Crippen LogP contribution in [0.3, 0.4) is 0 Å². The van der Waals surface area contributed by atoms with Gasteiger partial charge in [0.2, 0.25) is 0 Å². The first-order chi connectivity index (χ1) is 19.6. The van der Waals surface area contributed by atoms with E-state index in [2.05, 4.69) is 80.6 Å². The quantitative estimate of drug-likeness (QED) is 0.170. The monoisotopic (exact) mass is 650 g/mol. The second kappa shape index (κ2) is 29.0. The Kier molecular flexibility index (Phi) is 32.3. The van der Waals surface area contributed by atoms with E-state index >= 15 is 0 Å². The summed E-state index contributed by atoms with van der Waals surface area (Å²) in [7, 11) is 0. The minimum Gasteiger partial charge on any atom is -0.358 e. The molecule has 4 rings (SSSR count). The molecule has 1 heterocycles. The van der Waals surface area contributed by atoms with Gasteiger partial charge in [-0.15, -0.1) is 0 Å². The maximum atomic E-state index is 6.15. The first-order valence-corrected chi connectivity index (χ1v) is 15.4. The number of nitrogens with two attached hydrogens (primary N) is 1. The number of aliphatic imine (C=N–C) groups is 1. The Morgan fingerprint density at radius 3 is 1.57 bits per heavy atom. The molecule has 0 spiro atoms. The Bertz CT molecular complexity index is 1040. The molecule has 233 valence electrons. The van der Waals surface area contributed by atoms with Gasteiger partial charge in [-0.1, -0.05) is 160 Å². The number of amidine groups is 1. The van der Waals surface area contributed by atoms with Crippen LogP contribution in [0.1, 0.15) is 99.8 Å². The number of hydrazone groups is 1. The van der Waals surface area contributed by atoms with Crippen molar-refractivity contribution in [3.8, 4) is 0 Å². The first kappa shape index (κ1) is 46.8. The van der Waals surface area contributed by atoms with Crippen molar-refractivity contribution >= 4 is 11.5 Å². The number of hydrogen-bond acceptors (Lipinski definition) is 3. The van der Waals surface area contributed by atoms with Crippen LogP contribution in [0.25, 0.3) is 0 Å². The molecule has 0 amide bonds. The molecule has 3 aromatic carbocycles. The summed E-state index contributed by atoms with van der Waals surface area (Å²) < 4.78 is 0. The number of nitrogens with zero attached hydrogens (tertiary/aromatic N) is 3. The molecule has 0 saturated heterocycles. The molecule has 1 radical (unpaired) electrons.